The molecular weight excluding hydrogens is 298 g/mol. The molecule has 0 bridgehead atoms. The summed E-state index contributed by atoms with van der Waals surface area (Å²) in [7, 11) is 0. The first-order valence-corrected chi connectivity index (χ1v) is 6.81. The highest BCUT2D eigenvalue weighted by molar-refractivity contribution is 9.11. The number of rotatable bonds is 4. The lowest BCUT2D eigenvalue weighted by Crippen LogP contribution is -2.32. The highest BCUT2D eigenvalue weighted by Gasteiger charge is 2.13. The van der Waals surface area contributed by atoms with Crippen LogP contribution >= 0.6 is 38.9 Å². The molecule has 1 amide bonds. The molecule has 84 valence electrons. The van der Waals surface area contributed by atoms with Gasteiger partial charge in [0.25, 0.3) is 5.91 Å². The third kappa shape index (κ3) is 3.78. The minimum Gasteiger partial charge on any atom is -0.349 e. The highest BCUT2D eigenvalue weighted by atomic mass is 79.9. The molecule has 1 unspecified atom stereocenters. The first kappa shape index (κ1) is 13.0. The van der Waals surface area contributed by atoms with E-state index >= 15 is 0 Å². The molecule has 0 aliphatic heterocycles. The van der Waals surface area contributed by atoms with Crippen molar-refractivity contribution in [1.29, 1.82) is 0 Å². The summed E-state index contributed by atoms with van der Waals surface area (Å²) in [4.78, 5) is 12.5. The van der Waals surface area contributed by atoms with Crippen LogP contribution in [-0.2, 0) is 0 Å². The van der Waals surface area contributed by atoms with Gasteiger partial charge in [-0.1, -0.05) is 0 Å². The van der Waals surface area contributed by atoms with Gasteiger partial charge < -0.3 is 5.32 Å². The van der Waals surface area contributed by atoms with Crippen molar-refractivity contribution in [3.8, 4) is 0 Å². The summed E-state index contributed by atoms with van der Waals surface area (Å²) in [6.07, 6.45) is 0.790. The first-order valence-electron chi connectivity index (χ1n) is 4.67. The lowest BCUT2D eigenvalue weighted by atomic mass is 10.2. The lowest BCUT2D eigenvalue weighted by molar-refractivity contribution is 0.0943. The Bertz CT molecular complexity index is 334. The normalized spacial score (nSPS) is 12.5. The summed E-state index contributed by atoms with van der Waals surface area (Å²) in [6.45, 7) is 3.93. The maximum Gasteiger partial charge on any atom is 0.261 e. The van der Waals surface area contributed by atoms with Crippen LogP contribution in [0.2, 0.25) is 0 Å². The number of hydrogen-bond acceptors (Lipinski definition) is 2. The van der Waals surface area contributed by atoms with Gasteiger partial charge in [-0.2, -0.15) is 0 Å². The van der Waals surface area contributed by atoms with E-state index < -0.39 is 0 Å². The predicted molar refractivity (Wildman–Crippen MR) is 69.0 cm³/mol. The molecular formula is C10H13BrClNOS. The fraction of sp³-hybridized carbons (Fsp3) is 0.500. The maximum absolute atomic E-state index is 11.7. The Hall–Kier alpha value is -0.0600. The minimum atomic E-state index is -0.0218. The summed E-state index contributed by atoms with van der Waals surface area (Å²) in [5.74, 6) is 0.542. The van der Waals surface area contributed by atoms with Crippen molar-refractivity contribution in [1.82, 2.24) is 5.32 Å². The van der Waals surface area contributed by atoms with Crippen molar-refractivity contribution in [2.45, 2.75) is 26.3 Å². The number of thiophene rings is 1. The zero-order valence-electron chi connectivity index (χ0n) is 8.64. The molecule has 1 rings (SSSR count). The van der Waals surface area contributed by atoms with Crippen LogP contribution in [0.4, 0.5) is 0 Å². The number of aryl methyl sites for hydroxylation is 1. The van der Waals surface area contributed by atoms with E-state index in [0.29, 0.717) is 5.88 Å². The molecule has 0 spiro atoms. The summed E-state index contributed by atoms with van der Waals surface area (Å²) in [6, 6.07) is 2.01. The van der Waals surface area contributed by atoms with E-state index in [-0.39, 0.29) is 11.9 Å². The average Bonchev–Trinajstić information content (AvgIpc) is 2.47. The van der Waals surface area contributed by atoms with Gasteiger partial charge in [-0.3, -0.25) is 4.79 Å². The molecule has 1 N–H and O–H groups in total. The van der Waals surface area contributed by atoms with Crippen LogP contribution in [-0.4, -0.2) is 17.8 Å². The largest absolute Gasteiger partial charge is 0.349 e. The standard InChI is InChI=1S/C10H13BrClNOS/c1-6-5-8(15-9(6)11)10(14)13-7(2)3-4-12/h5,7H,3-4H2,1-2H3,(H,13,14). The third-order valence-corrected chi connectivity index (χ3v) is 4.35. The number of hydrogen-bond donors (Lipinski definition) is 1. The van der Waals surface area contributed by atoms with Gasteiger partial charge in [0.1, 0.15) is 0 Å². The molecule has 0 aromatic carbocycles. The van der Waals surface area contributed by atoms with E-state index in [2.05, 4.69) is 21.2 Å². The van der Waals surface area contributed by atoms with Gasteiger partial charge in [-0.05, 0) is 47.8 Å². The summed E-state index contributed by atoms with van der Waals surface area (Å²) >= 11 is 10.5. The zero-order valence-corrected chi connectivity index (χ0v) is 11.8. The van der Waals surface area contributed by atoms with Crippen molar-refractivity contribution >= 4 is 44.8 Å². The van der Waals surface area contributed by atoms with E-state index in [1.54, 1.807) is 0 Å². The molecule has 0 fully saturated rings. The van der Waals surface area contributed by atoms with Crippen LogP contribution in [0.1, 0.15) is 28.6 Å². The van der Waals surface area contributed by atoms with Crippen molar-refractivity contribution in [3.63, 3.8) is 0 Å². The van der Waals surface area contributed by atoms with Crippen LogP contribution in [0.15, 0.2) is 9.85 Å². The second-order valence-electron chi connectivity index (χ2n) is 3.42. The molecule has 0 saturated heterocycles. The van der Waals surface area contributed by atoms with E-state index in [0.717, 1.165) is 20.6 Å². The van der Waals surface area contributed by atoms with E-state index in [1.807, 2.05) is 19.9 Å². The van der Waals surface area contributed by atoms with Crippen LogP contribution in [0.25, 0.3) is 0 Å². The smallest absolute Gasteiger partial charge is 0.261 e. The summed E-state index contributed by atoms with van der Waals surface area (Å²) < 4.78 is 1.01. The van der Waals surface area contributed by atoms with Gasteiger partial charge in [0.2, 0.25) is 0 Å². The molecule has 1 aromatic heterocycles. The van der Waals surface area contributed by atoms with Gasteiger partial charge in [0.15, 0.2) is 0 Å². The molecule has 5 heteroatoms. The quantitative estimate of drug-likeness (QED) is 0.846. The number of carbonyl (C=O) groups is 1. The van der Waals surface area contributed by atoms with E-state index in [1.165, 1.54) is 11.3 Å². The molecule has 15 heavy (non-hydrogen) atoms. The first-order chi connectivity index (χ1) is 7.04. The fourth-order valence-corrected chi connectivity index (χ4v) is 2.87. The number of halogens is 2. The molecule has 1 atom stereocenters. The Morgan fingerprint density at radius 2 is 2.40 bits per heavy atom. The molecule has 0 aliphatic rings. The highest BCUT2D eigenvalue weighted by Crippen LogP contribution is 2.27. The van der Waals surface area contributed by atoms with Gasteiger partial charge in [-0.15, -0.1) is 22.9 Å². The number of carbonyl (C=O) groups excluding carboxylic acids is 1. The SMILES string of the molecule is Cc1cc(C(=O)NC(C)CCCl)sc1Br. The Morgan fingerprint density at radius 3 is 2.87 bits per heavy atom. The zero-order chi connectivity index (χ0) is 11.4. The summed E-state index contributed by atoms with van der Waals surface area (Å²) in [5.41, 5.74) is 1.09. The van der Waals surface area contributed by atoms with Crippen molar-refractivity contribution in [2.75, 3.05) is 5.88 Å². The Labute approximate surface area is 107 Å². The van der Waals surface area contributed by atoms with Gasteiger partial charge in [-0.25, -0.2) is 0 Å². The molecule has 0 saturated carbocycles. The van der Waals surface area contributed by atoms with Gasteiger partial charge >= 0.3 is 0 Å². The third-order valence-electron chi connectivity index (χ3n) is 2.00. The molecule has 1 aromatic rings. The van der Waals surface area contributed by atoms with Crippen LogP contribution in [0.5, 0.6) is 0 Å². The van der Waals surface area contributed by atoms with Gasteiger partial charge in [0.05, 0.1) is 8.66 Å². The van der Waals surface area contributed by atoms with E-state index in [4.69, 9.17) is 11.6 Å². The van der Waals surface area contributed by atoms with E-state index in [9.17, 15) is 4.79 Å². The number of nitrogens with one attached hydrogen (secondary N) is 1. The maximum atomic E-state index is 11.7. The molecule has 1 heterocycles. The van der Waals surface area contributed by atoms with Crippen molar-refractivity contribution < 1.29 is 4.79 Å². The van der Waals surface area contributed by atoms with Gasteiger partial charge in [0, 0.05) is 11.9 Å². The Morgan fingerprint density at radius 1 is 1.73 bits per heavy atom. The second-order valence-corrected chi connectivity index (χ2v) is 6.17. The lowest BCUT2D eigenvalue weighted by Gasteiger charge is -2.10. The monoisotopic (exact) mass is 309 g/mol. The molecule has 2 nitrogen and oxygen atoms in total. The summed E-state index contributed by atoms with van der Waals surface area (Å²) in [5, 5.41) is 2.90. The predicted octanol–water partition coefficient (Wildman–Crippen LogP) is 3.57. The van der Waals surface area contributed by atoms with Crippen molar-refractivity contribution in [3.05, 3.63) is 20.3 Å². The Kier molecular flexibility index (Phi) is 5.09. The minimum absolute atomic E-state index is 0.0218. The number of alkyl halides is 1. The molecule has 0 radical (unpaired) electrons. The van der Waals surface area contributed by atoms with Crippen molar-refractivity contribution in [2.24, 2.45) is 0 Å². The number of amides is 1. The Balaban J connectivity index is 2.61. The molecule has 0 aliphatic carbocycles. The van der Waals surface area contributed by atoms with Crippen LogP contribution in [0, 0.1) is 6.92 Å². The van der Waals surface area contributed by atoms with Crippen LogP contribution in [0.3, 0.4) is 0 Å². The average molecular weight is 311 g/mol. The topological polar surface area (TPSA) is 29.1 Å². The fourth-order valence-electron chi connectivity index (χ4n) is 1.10. The second kappa shape index (κ2) is 5.87. The van der Waals surface area contributed by atoms with Crippen LogP contribution < -0.4 is 5.32 Å².